The topological polar surface area (TPSA) is 50.9 Å². The molecule has 4 aromatic rings. The minimum absolute atomic E-state index is 0.0570. The summed E-state index contributed by atoms with van der Waals surface area (Å²) >= 11 is 0. The average molecular weight is 317 g/mol. The van der Waals surface area contributed by atoms with Crippen molar-refractivity contribution in [1.82, 2.24) is 14.5 Å². The number of phenols is 1. The van der Waals surface area contributed by atoms with Crippen molar-refractivity contribution in [3.05, 3.63) is 60.4 Å². The van der Waals surface area contributed by atoms with Crippen LogP contribution in [0.5, 0.6) is 5.75 Å². The molecule has 0 fully saturated rings. The lowest BCUT2D eigenvalue weighted by Gasteiger charge is -2.18. The molecule has 2 aromatic carbocycles. The zero-order valence-corrected chi connectivity index (χ0v) is 14.0. The van der Waals surface area contributed by atoms with Crippen molar-refractivity contribution in [2.45, 2.75) is 26.2 Å². The third-order valence-electron chi connectivity index (χ3n) is 4.27. The van der Waals surface area contributed by atoms with Crippen LogP contribution < -0.4 is 0 Å². The second-order valence-electron chi connectivity index (χ2n) is 7.05. The highest BCUT2D eigenvalue weighted by atomic mass is 16.3. The summed E-state index contributed by atoms with van der Waals surface area (Å²) in [6.07, 6.45) is 1.80. The van der Waals surface area contributed by atoms with Gasteiger partial charge in [-0.1, -0.05) is 39.0 Å². The summed E-state index contributed by atoms with van der Waals surface area (Å²) in [5.41, 5.74) is 2.86. The molecule has 2 aromatic heterocycles. The van der Waals surface area contributed by atoms with Crippen LogP contribution in [0, 0.1) is 0 Å². The maximum absolute atomic E-state index is 9.96. The maximum atomic E-state index is 9.96. The zero-order chi connectivity index (χ0) is 16.9. The molecule has 0 saturated carbocycles. The van der Waals surface area contributed by atoms with Crippen molar-refractivity contribution < 1.29 is 5.11 Å². The fourth-order valence-electron chi connectivity index (χ4n) is 3.05. The van der Waals surface area contributed by atoms with Crippen molar-refractivity contribution in [2.24, 2.45) is 0 Å². The molecule has 0 spiro atoms. The van der Waals surface area contributed by atoms with Crippen molar-refractivity contribution in [1.29, 1.82) is 0 Å². The number of para-hydroxylation sites is 1. The van der Waals surface area contributed by atoms with E-state index < -0.39 is 0 Å². The summed E-state index contributed by atoms with van der Waals surface area (Å²) in [5.74, 6) is 0.859. The summed E-state index contributed by atoms with van der Waals surface area (Å²) in [5, 5.41) is 12.2. The normalized spacial score (nSPS) is 12.1. The van der Waals surface area contributed by atoms with Crippen molar-refractivity contribution >= 4 is 21.8 Å². The second-order valence-corrected chi connectivity index (χ2v) is 7.05. The highest BCUT2D eigenvalue weighted by Gasteiger charge is 2.19. The van der Waals surface area contributed by atoms with E-state index in [0.717, 1.165) is 27.5 Å². The number of fused-ring (bicyclic) bond motifs is 3. The molecule has 0 unspecified atom stereocenters. The van der Waals surface area contributed by atoms with Crippen LogP contribution in [0.4, 0.5) is 0 Å². The van der Waals surface area contributed by atoms with E-state index in [-0.39, 0.29) is 11.2 Å². The first-order chi connectivity index (χ1) is 11.4. The molecule has 4 rings (SSSR count). The van der Waals surface area contributed by atoms with Gasteiger partial charge in [0.2, 0.25) is 5.95 Å². The van der Waals surface area contributed by atoms with Crippen molar-refractivity contribution in [3.63, 3.8) is 0 Å². The van der Waals surface area contributed by atoms with Gasteiger partial charge >= 0.3 is 0 Å². The van der Waals surface area contributed by atoms with Crippen LogP contribution in [0.2, 0.25) is 0 Å². The van der Waals surface area contributed by atoms with Gasteiger partial charge in [-0.2, -0.15) is 0 Å². The first kappa shape index (κ1) is 14.7. The lowest BCUT2D eigenvalue weighted by molar-refractivity contribution is 0.476. The van der Waals surface area contributed by atoms with Gasteiger partial charge in [-0.15, -0.1) is 0 Å². The number of nitrogens with zero attached hydrogens (tertiary/aromatic N) is 3. The van der Waals surface area contributed by atoms with Crippen LogP contribution >= 0.6 is 0 Å². The van der Waals surface area contributed by atoms with Gasteiger partial charge in [0.25, 0.3) is 0 Å². The molecule has 0 atom stereocenters. The van der Waals surface area contributed by atoms with Gasteiger partial charge in [0.15, 0.2) is 0 Å². The van der Waals surface area contributed by atoms with Gasteiger partial charge in [-0.25, -0.2) is 9.97 Å². The quantitative estimate of drug-likeness (QED) is 0.559. The molecule has 4 heteroatoms. The molecule has 0 aliphatic rings. The van der Waals surface area contributed by atoms with E-state index in [0.29, 0.717) is 5.95 Å². The Bertz CT molecular complexity index is 1060. The van der Waals surface area contributed by atoms with E-state index in [9.17, 15) is 5.11 Å². The summed E-state index contributed by atoms with van der Waals surface area (Å²) in [6, 6.07) is 15.5. The van der Waals surface area contributed by atoms with Gasteiger partial charge in [0.05, 0.1) is 16.7 Å². The van der Waals surface area contributed by atoms with Crippen LogP contribution in [-0.2, 0) is 5.41 Å². The Morgan fingerprint density at radius 1 is 0.917 bits per heavy atom. The predicted molar refractivity (Wildman–Crippen MR) is 96.7 cm³/mol. The Hall–Kier alpha value is -2.88. The number of benzene rings is 2. The summed E-state index contributed by atoms with van der Waals surface area (Å²) < 4.78 is 2.01. The highest BCUT2D eigenvalue weighted by Crippen LogP contribution is 2.33. The number of rotatable bonds is 1. The third-order valence-corrected chi connectivity index (χ3v) is 4.27. The molecule has 0 saturated heterocycles. The molecule has 120 valence electrons. The molecule has 1 N–H and O–H groups in total. The van der Waals surface area contributed by atoms with Crippen LogP contribution in [-0.4, -0.2) is 19.6 Å². The molecule has 0 amide bonds. The molecule has 24 heavy (non-hydrogen) atoms. The van der Waals surface area contributed by atoms with Crippen LogP contribution in [0.15, 0.2) is 54.7 Å². The van der Waals surface area contributed by atoms with Gasteiger partial charge in [0.1, 0.15) is 5.75 Å². The number of phenolic OH excluding ortho intramolecular Hbond substituents is 1. The summed E-state index contributed by atoms with van der Waals surface area (Å²) in [6.45, 7) is 6.41. The molecule has 4 nitrogen and oxygen atoms in total. The maximum Gasteiger partial charge on any atom is 0.234 e. The smallest absolute Gasteiger partial charge is 0.234 e. The zero-order valence-electron chi connectivity index (χ0n) is 14.0. The van der Waals surface area contributed by atoms with Gasteiger partial charge in [-0.3, -0.25) is 4.57 Å². The summed E-state index contributed by atoms with van der Waals surface area (Å²) in [7, 11) is 0. The first-order valence-electron chi connectivity index (χ1n) is 8.01. The molecule has 0 radical (unpaired) electrons. The van der Waals surface area contributed by atoms with Crippen LogP contribution in [0.3, 0.4) is 0 Å². The predicted octanol–water partition coefficient (Wildman–Crippen LogP) is 4.58. The molecule has 0 bridgehead atoms. The Morgan fingerprint density at radius 3 is 2.46 bits per heavy atom. The first-order valence-corrected chi connectivity index (χ1v) is 8.01. The molecule has 0 aliphatic heterocycles. The summed E-state index contributed by atoms with van der Waals surface area (Å²) in [4.78, 5) is 9.28. The number of aromatic hydroxyl groups is 1. The van der Waals surface area contributed by atoms with E-state index in [4.69, 9.17) is 4.98 Å². The minimum Gasteiger partial charge on any atom is -0.508 e. The van der Waals surface area contributed by atoms with E-state index in [1.54, 1.807) is 18.3 Å². The van der Waals surface area contributed by atoms with Gasteiger partial charge in [-0.05, 0) is 24.3 Å². The van der Waals surface area contributed by atoms with E-state index in [1.165, 1.54) is 0 Å². The van der Waals surface area contributed by atoms with Gasteiger partial charge in [0, 0.05) is 28.5 Å². The van der Waals surface area contributed by atoms with Crippen molar-refractivity contribution in [2.75, 3.05) is 0 Å². The third kappa shape index (κ3) is 2.22. The fourth-order valence-corrected chi connectivity index (χ4v) is 3.05. The molecular weight excluding hydrogens is 298 g/mol. The Labute approximate surface area is 140 Å². The van der Waals surface area contributed by atoms with E-state index in [2.05, 4.69) is 37.9 Å². The lowest BCUT2D eigenvalue weighted by Crippen LogP contribution is -2.15. The van der Waals surface area contributed by atoms with Crippen LogP contribution in [0.25, 0.3) is 27.8 Å². The standard InChI is InChI=1S/C20H19N3O/c1-20(2,3)18-10-11-21-19(22-18)23-16-7-5-4-6-14(16)15-9-8-13(24)12-17(15)23/h4-12,24H,1-3H3. The van der Waals surface area contributed by atoms with Crippen LogP contribution in [0.1, 0.15) is 26.5 Å². The van der Waals surface area contributed by atoms with E-state index in [1.807, 2.05) is 28.8 Å². The fraction of sp³-hybridized carbons (Fsp3) is 0.200. The van der Waals surface area contributed by atoms with Crippen molar-refractivity contribution in [3.8, 4) is 11.7 Å². The second kappa shape index (κ2) is 5.06. The highest BCUT2D eigenvalue weighted by molar-refractivity contribution is 6.09. The number of aromatic nitrogens is 3. The Balaban J connectivity index is 2.10. The Kier molecular flexibility index (Phi) is 3.10. The molecular formula is C20H19N3O. The monoisotopic (exact) mass is 317 g/mol. The molecule has 2 heterocycles. The Morgan fingerprint density at radius 2 is 1.67 bits per heavy atom. The largest absolute Gasteiger partial charge is 0.508 e. The number of hydrogen-bond acceptors (Lipinski definition) is 3. The van der Waals surface area contributed by atoms with Gasteiger partial charge < -0.3 is 5.11 Å². The van der Waals surface area contributed by atoms with E-state index >= 15 is 0 Å². The SMILES string of the molecule is CC(C)(C)c1ccnc(-n2c3ccccc3c3ccc(O)cc32)n1. The molecule has 0 aliphatic carbocycles. The minimum atomic E-state index is -0.0570. The number of hydrogen-bond donors (Lipinski definition) is 1. The lowest BCUT2D eigenvalue weighted by atomic mass is 9.92. The average Bonchev–Trinajstić information content (AvgIpc) is 2.87.